The number of anilines is 1. The van der Waals surface area contributed by atoms with Gasteiger partial charge in [-0.3, -0.25) is 5.10 Å². The van der Waals surface area contributed by atoms with Gasteiger partial charge in [-0.2, -0.15) is 5.10 Å². The topological polar surface area (TPSA) is 71.3 Å². The number of piperidine rings is 1. The maximum absolute atomic E-state index is 12.6. The molecule has 0 atom stereocenters. The van der Waals surface area contributed by atoms with Crippen LogP contribution in [-0.2, 0) is 0 Å². The first kappa shape index (κ1) is 17.0. The summed E-state index contributed by atoms with van der Waals surface area (Å²) >= 11 is 0. The van der Waals surface area contributed by atoms with E-state index in [1.807, 2.05) is 12.3 Å². The molecule has 7 nitrogen and oxygen atoms in total. The summed E-state index contributed by atoms with van der Waals surface area (Å²) in [6.45, 7) is 1.59. The molecular weight excluding hydrogens is 359 g/mol. The van der Waals surface area contributed by atoms with E-state index in [4.69, 9.17) is 9.72 Å². The zero-order chi connectivity index (χ0) is 18.9. The quantitative estimate of drug-likeness (QED) is 0.573. The number of nitrogens with one attached hydrogen (secondary N) is 1. The van der Waals surface area contributed by atoms with Gasteiger partial charge < -0.3 is 9.64 Å². The Bertz CT molecular complexity index is 1100. The molecule has 0 radical (unpaired) electrons. The maximum atomic E-state index is 12.6. The summed E-state index contributed by atoms with van der Waals surface area (Å²) in [4.78, 5) is 7.03. The van der Waals surface area contributed by atoms with Gasteiger partial charge in [-0.15, -0.1) is 5.10 Å². The third kappa shape index (κ3) is 2.94. The summed E-state index contributed by atoms with van der Waals surface area (Å²) in [5.41, 5.74) is 3.50. The highest BCUT2D eigenvalue weighted by atomic mass is 19.1. The number of hydrogen-bond donors (Lipinski definition) is 1. The third-order valence-electron chi connectivity index (χ3n) is 5.19. The van der Waals surface area contributed by atoms with Gasteiger partial charge in [0.15, 0.2) is 5.65 Å². The second-order valence-electron chi connectivity index (χ2n) is 7.01. The molecule has 1 fully saturated rings. The molecule has 1 saturated heterocycles. The van der Waals surface area contributed by atoms with Crippen LogP contribution < -0.4 is 9.64 Å². The molecule has 28 heavy (non-hydrogen) atoms. The van der Waals surface area contributed by atoms with Crippen LogP contribution >= 0.6 is 0 Å². The van der Waals surface area contributed by atoms with E-state index in [-0.39, 0.29) is 6.61 Å². The second-order valence-corrected chi connectivity index (χ2v) is 7.01. The predicted molar refractivity (Wildman–Crippen MR) is 106 cm³/mol. The Balaban J connectivity index is 1.59. The van der Waals surface area contributed by atoms with E-state index in [9.17, 15) is 4.39 Å². The van der Waals surface area contributed by atoms with E-state index in [1.165, 1.54) is 19.3 Å². The second kappa shape index (κ2) is 7.10. The van der Waals surface area contributed by atoms with E-state index in [0.29, 0.717) is 11.4 Å². The van der Waals surface area contributed by atoms with Crippen LogP contribution in [0, 0.1) is 0 Å². The van der Waals surface area contributed by atoms with Crippen molar-refractivity contribution in [2.75, 3.05) is 31.3 Å². The minimum absolute atomic E-state index is 0.0117. The van der Waals surface area contributed by atoms with Crippen LogP contribution in [0.15, 0.2) is 36.8 Å². The lowest BCUT2D eigenvalue weighted by atomic mass is 10.1. The van der Waals surface area contributed by atoms with Crippen LogP contribution in [0.3, 0.4) is 0 Å². The molecule has 4 aromatic rings. The van der Waals surface area contributed by atoms with Gasteiger partial charge in [0.1, 0.15) is 24.8 Å². The fraction of sp³-hybridized carbons (Fsp3) is 0.350. The number of nitrogens with zero attached hydrogens (tertiary/aromatic N) is 5. The van der Waals surface area contributed by atoms with E-state index in [0.717, 1.165) is 40.9 Å². The summed E-state index contributed by atoms with van der Waals surface area (Å²) in [5, 5.41) is 12.4. The summed E-state index contributed by atoms with van der Waals surface area (Å²) in [7, 11) is 0. The Morgan fingerprint density at radius 1 is 1.14 bits per heavy atom. The predicted octanol–water partition coefficient (Wildman–Crippen LogP) is 3.61. The SMILES string of the molecule is FCCOc1cc(-c2ccc(N3CCCCC3)nc2)c2c3cn[nH]c3nn2c1. The van der Waals surface area contributed by atoms with Crippen LogP contribution in [0.4, 0.5) is 10.2 Å². The van der Waals surface area contributed by atoms with Gasteiger partial charge >= 0.3 is 0 Å². The van der Waals surface area contributed by atoms with Gasteiger partial charge in [0, 0.05) is 30.4 Å². The molecule has 0 spiro atoms. The molecule has 0 aromatic carbocycles. The molecule has 144 valence electrons. The van der Waals surface area contributed by atoms with E-state index >= 15 is 0 Å². The van der Waals surface area contributed by atoms with E-state index in [1.54, 1.807) is 16.9 Å². The van der Waals surface area contributed by atoms with Crippen molar-refractivity contribution in [3.8, 4) is 16.9 Å². The average molecular weight is 380 g/mol. The lowest BCUT2D eigenvalue weighted by molar-refractivity contribution is 0.272. The standard InChI is InChI=1S/C20H21FN6O/c21-6-9-28-15-10-16(19-17-12-23-24-20(17)25-27(19)13-15)14-4-5-18(22-11-14)26-7-2-1-3-8-26/h4-5,10-13H,1-3,6-9H2,(H,24,25). The minimum Gasteiger partial charge on any atom is -0.489 e. The monoisotopic (exact) mass is 380 g/mol. The highest BCUT2D eigenvalue weighted by molar-refractivity contribution is 6.00. The number of halogens is 1. The van der Waals surface area contributed by atoms with Crippen molar-refractivity contribution in [2.45, 2.75) is 19.3 Å². The van der Waals surface area contributed by atoms with Gasteiger partial charge in [-0.1, -0.05) is 0 Å². The summed E-state index contributed by atoms with van der Waals surface area (Å²) in [6, 6.07) is 6.05. The molecule has 4 aromatic heterocycles. The Morgan fingerprint density at radius 2 is 2.04 bits per heavy atom. The Kier molecular flexibility index (Phi) is 4.31. The first-order chi connectivity index (χ1) is 13.8. The minimum atomic E-state index is -0.538. The van der Waals surface area contributed by atoms with Crippen LogP contribution in [-0.4, -0.2) is 51.2 Å². The number of fused-ring (bicyclic) bond motifs is 3. The molecule has 1 aliphatic rings. The number of aromatic nitrogens is 5. The molecule has 5 heterocycles. The first-order valence-electron chi connectivity index (χ1n) is 9.59. The molecule has 0 saturated carbocycles. The smallest absolute Gasteiger partial charge is 0.178 e. The van der Waals surface area contributed by atoms with Crippen molar-refractivity contribution >= 4 is 22.4 Å². The van der Waals surface area contributed by atoms with Crippen molar-refractivity contribution in [1.29, 1.82) is 0 Å². The lowest BCUT2D eigenvalue weighted by Crippen LogP contribution is -2.29. The largest absolute Gasteiger partial charge is 0.489 e. The van der Waals surface area contributed by atoms with Crippen molar-refractivity contribution in [1.82, 2.24) is 24.8 Å². The van der Waals surface area contributed by atoms with Crippen molar-refractivity contribution in [2.24, 2.45) is 0 Å². The zero-order valence-electron chi connectivity index (χ0n) is 15.4. The van der Waals surface area contributed by atoms with Crippen LogP contribution in [0.1, 0.15) is 19.3 Å². The molecule has 1 N–H and O–H groups in total. The first-order valence-corrected chi connectivity index (χ1v) is 9.59. The van der Waals surface area contributed by atoms with E-state index in [2.05, 4.69) is 32.3 Å². The molecule has 0 bridgehead atoms. The number of hydrogen-bond acceptors (Lipinski definition) is 5. The number of rotatable bonds is 5. The molecule has 1 aliphatic heterocycles. The van der Waals surface area contributed by atoms with Gasteiger partial charge in [0.05, 0.1) is 23.3 Å². The number of aromatic amines is 1. The molecule has 0 unspecified atom stereocenters. The number of H-pyrrole nitrogens is 1. The van der Waals surface area contributed by atoms with Gasteiger partial charge in [0.2, 0.25) is 0 Å². The highest BCUT2D eigenvalue weighted by Crippen LogP contribution is 2.33. The molecule has 5 rings (SSSR count). The Hall–Kier alpha value is -3.16. The molecule has 0 amide bonds. The Labute approximate surface area is 161 Å². The fourth-order valence-corrected chi connectivity index (χ4v) is 3.85. The Morgan fingerprint density at radius 3 is 2.82 bits per heavy atom. The molecule has 0 aliphatic carbocycles. The van der Waals surface area contributed by atoms with Gasteiger partial charge in [-0.25, -0.2) is 13.9 Å². The normalized spacial score (nSPS) is 14.8. The van der Waals surface area contributed by atoms with Gasteiger partial charge in [-0.05, 0) is 37.5 Å². The third-order valence-corrected chi connectivity index (χ3v) is 5.19. The number of ether oxygens (including phenoxy) is 1. The fourth-order valence-electron chi connectivity index (χ4n) is 3.85. The van der Waals surface area contributed by atoms with Gasteiger partial charge in [0.25, 0.3) is 0 Å². The summed E-state index contributed by atoms with van der Waals surface area (Å²) in [6.07, 6.45) is 9.13. The van der Waals surface area contributed by atoms with Crippen molar-refractivity contribution < 1.29 is 9.13 Å². The number of alkyl halides is 1. The highest BCUT2D eigenvalue weighted by Gasteiger charge is 2.16. The maximum Gasteiger partial charge on any atom is 0.178 e. The zero-order valence-corrected chi connectivity index (χ0v) is 15.4. The molecule has 8 heteroatoms. The van der Waals surface area contributed by atoms with Crippen molar-refractivity contribution in [3.05, 3.63) is 36.8 Å². The van der Waals surface area contributed by atoms with Crippen molar-refractivity contribution in [3.63, 3.8) is 0 Å². The van der Waals surface area contributed by atoms with E-state index < -0.39 is 6.67 Å². The summed E-state index contributed by atoms with van der Waals surface area (Å²) < 4.78 is 19.9. The lowest BCUT2D eigenvalue weighted by Gasteiger charge is -2.27. The van der Waals surface area contributed by atoms with Crippen LogP contribution in [0.25, 0.3) is 27.7 Å². The average Bonchev–Trinajstić information content (AvgIpc) is 3.33. The van der Waals surface area contributed by atoms with Crippen LogP contribution in [0.2, 0.25) is 0 Å². The summed E-state index contributed by atoms with van der Waals surface area (Å²) in [5.74, 6) is 1.57. The van der Waals surface area contributed by atoms with Crippen LogP contribution in [0.5, 0.6) is 5.75 Å². The number of pyridine rings is 2. The molecular formula is C20H21FN6O.